The number of ether oxygens (including phenoxy) is 2. The molecular weight excluding hydrogens is 557 g/mol. The molecule has 2 aromatic carbocycles. The van der Waals surface area contributed by atoms with Crippen LogP contribution in [0.4, 0.5) is 0 Å². The van der Waals surface area contributed by atoms with E-state index in [1.54, 1.807) is 12.4 Å². The maximum atomic E-state index is 6.67. The highest BCUT2D eigenvalue weighted by atomic mass is 35.5. The quantitative estimate of drug-likeness (QED) is 0.241. The van der Waals surface area contributed by atoms with Crippen LogP contribution in [0.15, 0.2) is 48.8 Å². The van der Waals surface area contributed by atoms with Crippen molar-refractivity contribution in [2.75, 3.05) is 32.8 Å². The molecule has 5 rings (SSSR count). The molecule has 39 heavy (non-hydrogen) atoms. The molecule has 0 radical (unpaired) electrons. The highest BCUT2D eigenvalue weighted by Crippen LogP contribution is 2.34. The van der Waals surface area contributed by atoms with E-state index in [4.69, 9.17) is 55.1 Å². The van der Waals surface area contributed by atoms with Gasteiger partial charge in [0.1, 0.15) is 11.9 Å². The Bertz CT molecular complexity index is 1460. The number of aromatic nitrogens is 3. The van der Waals surface area contributed by atoms with E-state index in [1.807, 2.05) is 54.1 Å². The van der Waals surface area contributed by atoms with Gasteiger partial charge in [-0.2, -0.15) is 5.10 Å². The third-order valence-corrected chi connectivity index (χ3v) is 7.63. The third-order valence-electron chi connectivity index (χ3n) is 6.70. The molecule has 2 aromatic heterocycles. The van der Waals surface area contributed by atoms with Crippen molar-refractivity contribution in [1.29, 1.82) is 0 Å². The number of nitrogens with two attached hydrogens (primary N) is 1. The fourth-order valence-corrected chi connectivity index (χ4v) is 5.67. The molecule has 3 heterocycles. The fourth-order valence-electron chi connectivity index (χ4n) is 4.74. The van der Waals surface area contributed by atoms with Crippen molar-refractivity contribution in [1.82, 2.24) is 19.7 Å². The van der Waals surface area contributed by atoms with Crippen LogP contribution in [0.25, 0.3) is 23.1 Å². The molecule has 1 unspecified atom stereocenters. The molecule has 4 aromatic rings. The van der Waals surface area contributed by atoms with Gasteiger partial charge in [-0.15, -0.1) is 0 Å². The molecular formula is C29H30Cl3N5O2. The van der Waals surface area contributed by atoms with E-state index in [-0.39, 0.29) is 6.10 Å². The van der Waals surface area contributed by atoms with E-state index in [2.05, 4.69) is 16.0 Å². The van der Waals surface area contributed by atoms with Crippen molar-refractivity contribution in [3.8, 4) is 5.75 Å². The standard InChI is InChI=1S/C29H30Cl3N5O2/c1-19(29-25(31)16-34-17-26(29)32)39-22-5-7-28-23(15-22)27(35-37(28)9-8-33)6-4-21-3-2-20(14-24(21)30)18-36-10-12-38-13-11-36/h2-7,14-17,19H,8-13,18,33H2,1H3/b6-4+. The number of rotatable bonds is 9. The first kappa shape index (κ1) is 27.9. The second-order valence-corrected chi connectivity index (χ2v) is 10.7. The van der Waals surface area contributed by atoms with Crippen molar-refractivity contribution in [3.63, 3.8) is 0 Å². The Morgan fingerprint density at radius 3 is 2.51 bits per heavy atom. The number of pyridine rings is 1. The molecule has 0 aliphatic carbocycles. The molecule has 1 aliphatic heterocycles. The number of benzene rings is 2. The van der Waals surface area contributed by atoms with Gasteiger partial charge in [-0.3, -0.25) is 14.6 Å². The van der Waals surface area contributed by atoms with E-state index >= 15 is 0 Å². The molecule has 10 heteroatoms. The maximum absolute atomic E-state index is 6.67. The van der Waals surface area contributed by atoms with Gasteiger partial charge in [-0.05, 0) is 48.4 Å². The molecule has 1 atom stereocenters. The average molecular weight is 587 g/mol. The maximum Gasteiger partial charge on any atom is 0.124 e. The van der Waals surface area contributed by atoms with Gasteiger partial charge in [-0.1, -0.05) is 53.0 Å². The summed E-state index contributed by atoms with van der Waals surface area (Å²) < 4.78 is 13.6. The van der Waals surface area contributed by atoms with Crippen molar-refractivity contribution in [2.24, 2.45) is 5.73 Å². The number of halogens is 3. The third kappa shape index (κ3) is 6.57. The first-order valence-corrected chi connectivity index (χ1v) is 14.0. The molecule has 1 aliphatic rings. The highest BCUT2D eigenvalue weighted by Gasteiger charge is 2.17. The average Bonchev–Trinajstić information content (AvgIpc) is 3.25. The number of nitrogens with zero attached hydrogens (tertiary/aromatic N) is 4. The molecule has 7 nitrogen and oxygen atoms in total. The Morgan fingerprint density at radius 2 is 1.79 bits per heavy atom. The molecule has 0 spiro atoms. The molecule has 204 valence electrons. The van der Waals surface area contributed by atoms with Crippen LogP contribution in [0.5, 0.6) is 5.75 Å². The van der Waals surface area contributed by atoms with Gasteiger partial charge in [-0.25, -0.2) is 0 Å². The second-order valence-electron chi connectivity index (χ2n) is 9.43. The predicted molar refractivity (Wildman–Crippen MR) is 159 cm³/mol. The first-order chi connectivity index (χ1) is 18.9. The number of morpholine rings is 1. The Hall–Kier alpha value is -2.65. The lowest BCUT2D eigenvalue weighted by molar-refractivity contribution is 0.0342. The zero-order valence-electron chi connectivity index (χ0n) is 21.6. The Kier molecular flexibility index (Phi) is 9.07. The summed E-state index contributed by atoms with van der Waals surface area (Å²) in [4.78, 5) is 6.40. The highest BCUT2D eigenvalue weighted by molar-refractivity contribution is 6.35. The van der Waals surface area contributed by atoms with Crippen molar-refractivity contribution in [3.05, 3.63) is 86.2 Å². The van der Waals surface area contributed by atoms with Crippen LogP contribution in [-0.2, 0) is 17.8 Å². The summed E-state index contributed by atoms with van der Waals surface area (Å²) in [6.07, 6.45) is 6.71. The van der Waals surface area contributed by atoms with Crippen molar-refractivity contribution in [2.45, 2.75) is 26.1 Å². The summed E-state index contributed by atoms with van der Waals surface area (Å²) in [7, 11) is 0. The normalized spacial score (nSPS) is 15.3. The summed E-state index contributed by atoms with van der Waals surface area (Å²) in [6, 6.07) is 12.1. The van der Waals surface area contributed by atoms with Gasteiger partial charge in [0.25, 0.3) is 0 Å². The smallest absolute Gasteiger partial charge is 0.124 e. The zero-order chi connectivity index (χ0) is 27.4. The topological polar surface area (TPSA) is 78.4 Å². The lowest BCUT2D eigenvalue weighted by Gasteiger charge is -2.26. The second kappa shape index (κ2) is 12.7. The van der Waals surface area contributed by atoms with Crippen LogP contribution >= 0.6 is 34.8 Å². The van der Waals surface area contributed by atoms with E-state index in [0.29, 0.717) is 39.5 Å². The molecule has 0 bridgehead atoms. The van der Waals surface area contributed by atoms with Gasteiger partial charge < -0.3 is 15.2 Å². The predicted octanol–water partition coefficient (Wildman–Crippen LogP) is 6.49. The van der Waals surface area contributed by atoms with Crippen LogP contribution < -0.4 is 10.5 Å². The Balaban J connectivity index is 1.40. The number of hydrogen-bond donors (Lipinski definition) is 1. The molecule has 1 saturated heterocycles. The van der Waals surface area contributed by atoms with E-state index in [0.717, 1.165) is 55.0 Å². The monoisotopic (exact) mass is 585 g/mol. The molecule has 1 fully saturated rings. The van der Waals surface area contributed by atoms with Crippen molar-refractivity contribution >= 4 is 57.9 Å². The van der Waals surface area contributed by atoms with Gasteiger partial charge in [0.15, 0.2) is 0 Å². The lowest BCUT2D eigenvalue weighted by atomic mass is 10.1. The summed E-state index contributed by atoms with van der Waals surface area (Å²) in [5, 5.41) is 7.37. The summed E-state index contributed by atoms with van der Waals surface area (Å²) >= 11 is 19.4. The van der Waals surface area contributed by atoms with Gasteiger partial charge in [0.2, 0.25) is 0 Å². The van der Waals surface area contributed by atoms with Gasteiger partial charge in [0, 0.05) is 54.5 Å². The van der Waals surface area contributed by atoms with E-state index in [1.165, 1.54) is 5.56 Å². The van der Waals surface area contributed by atoms with E-state index in [9.17, 15) is 0 Å². The Morgan fingerprint density at radius 1 is 1.03 bits per heavy atom. The summed E-state index contributed by atoms with van der Waals surface area (Å²) in [6.45, 7) is 7.26. The SMILES string of the molecule is CC(Oc1ccc2c(c1)c(/C=C/c1ccc(CN3CCOCC3)cc1Cl)nn2CCN)c1c(Cl)cncc1Cl. The molecule has 0 saturated carbocycles. The number of hydrogen-bond acceptors (Lipinski definition) is 6. The number of fused-ring (bicyclic) bond motifs is 1. The molecule has 0 amide bonds. The largest absolute Gasteiger partial charge is 0.486 e. The van der Waals surface area contributed by atoms with E-state index < -0.39 is 0 Å². The van der Waals surface area contributed by atoms with Crippen LogP contribution in [0.3, 0.4) is 0 Å². The lowest BCUT2D eigenvalue weighted by Crippen LogP contribution is -2.35. The first-order valence-electron chi connectivity index (χ1n) is 12.9. The van der Waals surface area contributed by atoms with Crippen LogP contribution in [0, 0.1) is 0 Å². The fraction of sp³-hybridized carbons (Fsp3) is 0.310. The Labute approximate surface area is 243 Å². The van der Waals surface area contributed by atoms with Gasteiger partial charge in [0.05, 0.1) is 41.0 Å². The minimum absolute atomic E-state index is 0.377. The van der Waals surface area contributed by atoms with Crippen LogP contribution in [-0.4, -0.2) is 52.5 Å². The minimum Gasteiger partial charge on any atom is -0.486 e. The van der Waals surface area contributed by atoms with Crippen LogP contribution in [0.1, 0.15) is 35.4 Å². The summed E-state index contributed by atoms with van der Waals surface area (Å²) in [5.74, 6) is 0.673. The minimum atomic E-state index is -0.377. The van der Waals surface area contributed by atoms with Crippen molar-refractivity contribution < 1.29 is 9.47 Å². The summed E-state index contributed by atoms with van der Waals surface area (Å²) in [5.41, 5.74) is 10.4. The molecule has 2 N–H and O–H groups in total. The van der Waals surface area contributed by atoms with Crippen LogP contribution in [0.2, 0.25) is 15.1 Å². The zero-order valence-corrected chi connectivity index (χ0v) is 23.9. The van der Waals surface area contributed by atoms with Gasteiger partial charge >= 0.3 is 0 Å².